The van der Waals surface area contributed by atoms with Crippen LogP contribution in [0.5, 0.6) is 0 Å². The number of hydrogen-bond acceptors (Lipinski definition) is 6. The van der Waals surface area contributed by atoms with Crippen molar-refractivity contribution < 1.29 is 9.32 Å². The summed E-state index contributed by atoms with van der Waals surface area (Å²) in [5.41, 5.74) is 1.11. The zero-order chi connectivity index (χ0) is 16.5. The van der Waals surface area contributed by atoms with Crippen molar-refractivity contribution in [2.45, 2.75) is 25.8 Å². The van der Waals surface area contributed by atoms with Crippen molar-refractivity contribution in [3.05, 3.63) is 53.9 Å². The predicted octanol–water partition coefficient (Wildman–Crippen LogP) is 1.94. The van der Waals surface area contributed by atoms with Crippen molar-refractivity contribution in [3.63, 3.8) is 0 Å². The Morgan fingerprint density at radius 2 is 2.12 bits per heavy atom. The zero-order valence-corrected chi connectivity index (χ0v) is 13.2. The Bertz CT molecular complexity index is 856. The quantitative estimate of drug-likeness (QED) is 0.731. The molecule has 0 bridgehead atoms. The van der Waals surface area contributed by atoms with E-state index in [1.54, 1.807) is 11.8 Å². The summed E-state index contributed by atoms with van der Waals surface area (Å²) in [7, 11) is 0. The number of carbonyl (C=O) groups excluding carboxylic acids is 1. The molecule has 24 heavy (non-hydrogen) atoms. The Labute approximate surface area is 138 Å². The molecule has 1 fully saturated rings. The number of likely N-dealkylation sites (tertiary alicyclic amines) is 1. The molecule has 0 N–H and O–H groups in total. The number of carbonyl (C=O) groups is 1. The molecule has 2 aromatic heterocycles. The maximum Gasteiger partial charge on any atom is 0.276 e. The van der Waals surface area contributed by atoms with Gasteiger partial charge < -0.3 is 9.42 Å². The first-order chi connectivity index (χ1) is 11.7. The topological polar surface area (TPSA) is 89.9 Å². The number of para-hydroxylation sites is 1. The van der Waals surface area contributed by atoms with Gasteiger partial charge in [0, 0.05) is 6.54 Å². The van der Waals surface area contributed by atoms with Crippen LogP contribution in [0.25, 0.3) is 5.69 Å². The summed E-state index contributed by atoms with van der Waals surface area (Å²) in [6.07, 6.45) is 3.19. The number of hydrogen-bond donors (Lipinski definition) is 0. The number of aromatic nitrogens is 5. The van der Waals surface area contributed by atoms with E-state index in [1.165, 1.54) is 11.0 Å². The maximum atomic E-state index is 12.8. The van der Waals surface area contributed by atoms with E-state index >= 15 is 0 Å². The minimum atomic E-state index is -0.194. The number of rotatable bonds is 3. The highest BCUT2D eigenvalue weighted by Gasteiger charge is 2.35. The van der Waals surface area contributed by atoms with E-state index in [0.717, 1.165) is 18.5 Å². The van der Waals surface area contributed by atoms with Gasteiger partial charge in [0.05, 0.1) is 11.9 Å². The lowest BCUT2D eigenvalue weighted by Crippen LogP contribution is -2.31. The van der Waals surface area contributed by atoms with Crippen LogP contribution in [0.2, 0.25) is 0 Å². The third-order valence-corrected chi connectivity index (χ3v) is 4.04. The molecule has 8 heteroatoms. The highest BCUT2D eigenvalue weighted by Crippen LogP contribution is 2.31. The Morgan fingerprint density at radius 1 is 1.29 bits per heavy atom. The standard InChI is InChI=1S/C16H16N6O2/c1-11-18-15(24-20-11)14-8-5-9-21(14)16(23)13-10-17-22(19-13)12-6-3-2-4-7-12/h2-4,6-7,10,14H,5,8-9H2,1H3. The SMILES string of the molecule is Cc1noc(C2CCCN2C(=O)c2cnn(-c3ccccc3)n2)n1. The number of benzene rings is 1. The van der Waals surface area contributed by atoms with E-state index in [-0.39, 0.29) is 11.9 Å². The predicted molar refractivity (Wildman–Crippen MR) is 83.4 cm³/mol. The normalized spacial score (nSPS) is 17.4. The van der Waals surface area contributed by atoms with Gasteiger partial charge in [0.15, 0.2) is 11.5 Å². The molecule has 1 unspecified atom stereocenters. The van der Waals surface area contributed by atoms with Crippen LogP contribution in [0.4, 0.5) is 0 Å². The molecule has 1 aliphatic heterocycles. The van der Waals surface area contributed by atoms with Crippen LogP contribution in [0.3, 0.4) is 0 Å². The van der Waals surface area contributed by atoms with Gasteiger partial charge in [0.2, 0.25) is 5.89 Å². The maximum absolute atomic E-state index is 12.8. The Morgan fingerprint density at radius 3 is 2.88 bits per heavy atom. The third kappa shape index (κ3) is 2.55. The van der Waals surface area contributed by atoms with Crippen molar-refractivity contribution in [2.24, 2.45) is 0 Å². The van der Waals surface area contributed by atoms with Crippen LogP contribution in [-0.2, 0) is 0 Å². The molecule has 0 aliphatic carbocycles. The average molecular weight is 324 g/mol. The van der Waals surface area contributed by atoms with E-state index in [2.05, 4.69) is 20.3 Å². The van der Waals surface area contributed by atoms with Gasteiger partial charge >= 0.3 is 0 Å². The van der Waals surface area contributed by atoms with E-state index in [1.807, 2.05) is 30.3 Å². The molecule has 1 saturated heterocycles. The average Bonchev–Trinajstić information content (AvgIpc) is 3.35. The van der Waals surface area contributed by atoms with Crippen LogP contribution in [0.15, 0.2) is 41.1 Å². The van der Waals surface area contributed by atoms with Gasteiger partial charge in [-0.05, 0) is 31.9 Å². The summed E-state index contributed by atoms with van der Waals surface area (Å²) in [5.74, 6) is 0.878. The van der Waals surface area contributed by atoms with Crippen molar-refractivity contribution in [2.75, 3.05) is 6.54 Å². The third-order valence-electron chi connectivity index (χ3n) is 4.04. The number of aryl methyl sites for hydroxylation is 1. The fourth-order valence-corrected chi connectivity index (χ4v) is 2.91. The summed E-state index contributed by atoms with van der Waals surface area (Å²) in [6, 6.07) is 9.28. The van der Waals surface area contributed by atoms with Crippen molar-refractivity contribution in [1.29, 1.82) is 0 Å². The van der Waals surface area contributed by atoms with Gasteiger partial charge in [0.1, 0.15) is 6.04 Å². The molecule has 0 saturated carbocycles. The lowest BCUT2D eigenvalue weighted by molar-refractivity contribution is 0.0703. The Balaban J connectivity index is 1.58. The van der Waals surface area contributed by atoms with E-state index in [0.29, 0.717) is 24.0 Å². The van der Waals surface area contributed by atoms with Crippen molar-refractivity contribution in [1.82, 2.24) is 30.0 Å². The molecule has 3 heterocycles. The van der Waals surface area contributed by atoms with Gasteiger partial charge in [-0.15, -0.1) is 5.10 Å². The van der Waals surface area contributed by atoms with Crippen LogP contribution >= 0.6 is 0 Å². The smallest absolute Gasteiger partial charge is 0.276 e. The number of nitrogens with zero attached hydrogens (tertiary/aromatic N) is 6. The van der Waals surface area contributed by atoms with Gasteiger partial charge in [-0.2, -0.15) is 14.9 Å². The van der Waals surface area contributed by atoms with E-state index in [9.17, 15) is 4.79 Å². The highest BCUT2D eigenvalue weighted by atomic mass is 16.5. The summed E-state index contributed by atoms with van der Waals surface area (Å²) < 4.78 is 5.24. The second-order valence-corrected chi connectivity index (χ2v) is 5.69. The van der Waals surface area contributed by atoms with Crippen LogP contribution in [-0.4, -0.2) is 42.5 Å². The monoisotopic (exact) mass is 324 g/mol. The fourth-order valence-electron chi connectivity index (χ4n) is 2.91. The lowest BCUT2D eigenvalue weighted by Gasteiger charge is -2.20. The molecule has 0 spiro atoms. The molecule has 0 radical (unpaired) electrons. The highest BCUT2D eigenvalue weighted by molar-refractivity contribution is 5.92. The van der Waals surface area contributed by atoms with Gasteiger partial charge in [0.25, 0.3) is 5.91 Å². The molecular formula is C16H16N6O2. The minimum Gasteiger partial charge on any atom is -0.337 e. The second-order valence-electron chi connectivity index (χ2n) is 5.69. The summed E-state index contributed by atoms with van der Waals surface area (Å²) >= 11 is 0. The van der Waals surface area contributed by atoms with Crippen LogP contribution in [0.1, 0.15) is 41.1 Å². The molecule has 4 rings (SSSR count). The molecule has 8 nitrogen and oxygen atoms in total. The molecule has 1 aromatic carbocycles. The zero-order valence-electron chi connectivity index (χ0n) is 13.2. The van der Waals surface area contributed by atoms with E-state index < -0.39 is 0 Å². The fraction of sp³-hybridized carbons (Fsp3) is 0.312. The molecular weight excluding hydrogens is 308 g/mol. The minimum absolute atomic E-state index is 0.171. The van der Waals surface area contributed by atoms with E-state index in [4.69, 9.17) is 4.52 Å². The van der Waals surface area contributed by atoms with Crippen LogP contribution in [0, 0.1) is 6.92 Å². The summed E-state index contributed by atoms with van der Waals surface area (Å²) in [6.45, 7) is 2.41. The summed E-state index contributed by atoms with van der Waals surface area (Å²) in [5, 5.41) is 12.3. The second kappa shape index (κ2) is 5.88. The van der Waals surface area contributed by atoms with Gasteiger partial charge in [-0.1, -0.05) is 23.4 Å². The summed E-state index contributed by atoms with van der Waals surface area (Å²) in [4.78, 5) is 20.2. The Hall–Kier alpha value is -3.03. The van der Waals surface area contributed by atoms with Crippen molar-refractivity contribution >= 4 is 5.91 Å². The largest absolute Gasteiger partial charge is 0.337 e. The first-order valence-corrected chi connectivity index (χ1v) is 7.81. The molecule has 122 valence electrons. The van der Waals surface area contributed by atoms with Crippen molar-refractivity contribution in [3.8, 4) is 5.69 Å². The van der Waals surface area contributed by atoms with Crippen LogP contribution < -0.4 is 0 Å². The molecule has 3 aromatic rings. The lowest BCUT2D eigenvalue weighted by atomic mass is 10.2. The van der Waals surface area contributed by atoms with Gasteiger partial charge in [-0.25, -0.2) is 0 Å². The first kappa shape index (κ1) is 14.6. The molecule has 1 amide bonds. The van der Waals surface area contributed by atoms with Gasteiger partial charge in [-0.3, -0.25) is 4.79 Å². The molecule has 1 aliphatic rings. The molecule has 1 atom stereocenters. The Kier molecular flexibility index (Phi) is 3.56. The number of amides is 1. The first-order valence-electron chi connectivity index (χ1n) is 7.81.